The van der Waals surface area contributed by atoms with Gasteiger partial charge in [0.15, 0.2) is 0 Å². The molecule has 3 aromatic rings. The molecule has 1 heterocycles. The van der Waals surface area contributed by atoms with Gasteiger partial charge in [-0.05, 0) is 22.3 Å². The first-order valence-corrected chi connectivity index (χ1v) is 9.25. The summed E-state index contributed by atoms with van der Waals surface area (Å²) in [5.74, 6) is -0.529. The fraction of sp³-hybridized carbons (Fsp3) is 0.263. The van der Waals surface area contributed by atoms with Crippen molar-refractivity contribution in [1.82, 2.24) is 15.5 Å². The van der Waals surface area contributed by atoms with Gasteiger partial charge in [-0.2, -0.15) is 0 Å². The Hall–Kier alpha value is -2.80. The van der Waals surface area contributed by atoms with Crippen molar-refractivity contribution >= 4 is 39.1 Å². The van der Waals surface area contributed by atoms with E-state index in [2.05, 4.69) is 20.8 Å². The average molecular weight is 368 g/mol. The first-order chi connectivity index (χ1) is 12.5. The van der Waals surface area contributed by atoms with E-state index < -0.39 is 6.04 Å². The van der Waals surface area contributed by atoms with Crippen molar-refractivity contribution in [2.75, 3.05) is 5.32 Å². The highest BCUT2D eigenvalue weighted by atomic mass is 32.1. The molecule has 0 spiro atoms. The van der Waals surface area contributed by atoms with Crippen LogP contribution in [-0.4, -0.2) is 28.1 Å². The van der Waals surface area contributed by atoms with Crippen LogP contribution in [-0.2, 0) is 16.0 Å². The lowest BCUT2D eigenvalue weighted by Crippen LogP contribution is -2.47. The number of hydrogen-bond acceptors (Lipinski definition) is 5. The molecule has 0 aliphatic rings. The van der Waals surface area contributed by atoms with Crippen LogP contribution in [0.15, 0.2) is 48.0 Å². The van der Waals surface area contributed by atoms with Crippen LogP contribution < -0.4 is 10.6 Å². The van der Waals surface area contributed by atoms with Gasteiger partial charge in [-0.3, -0.25) is 14.9 Å². The summed E-state index contributed by atoms with van der Waals surface area (Å²) in [6, 6.07) is 13.3. The van der Waals surface area contributed by atoms with Gasteiger partial charge < -0.3 is 5.32 Å². The van der Waals surface area contributed by atoms with Gasteiger partial charge in [0, 0.05) is 0 Å². The van der Waals surface area contributed by atoms with Gasteiger partial charge in [0.05, 0.1) is 6.42 Å². The summed E-state index contributed by atoms with van der Waals surface area (Å²) in [5.41, 5.74) is 2.45. The normalized spacial score (nSPS) is 12.1. The zero-order valence-corrected chi connectivity index (χ0v) is 15.4. The number of nitrogens with one attached hydrogen (secondary N) is 2. The molecule has 0 fully saturated rings. The van der Waals surface area contributed by atoms with Crippen LogP contribution >= 0.6 is 11.3 Å². The van der Waals surface area contributed by atoms with Gasteiger partial charge in [0.25, 0.3) is 0 Å². The number of carbonyl (C=O) groups is 2. The molecule has 2 N–H and O–H groups in total. The van der Waals surface area contributed by atoms with Crippen molar-refractivity contribution in [2.45, 2.75) is 26.3 Å². The second kappa shape index (κ2) is 8.05. The Morgan fingerprint density at radius 1 is 1.12 bits per heavy atom. The molecule has 0 aliphatic carbocycles. The van der Waals surface area contributed by atoms with Gasteiger partial charge in [-0.1, -0.05) is 67.6 Å². The predicted octanol–water partition coefficient (Wildman–Crippen LogP) is 3.01. The van der Waals surface area contributed by atoms with E-state index in [0.717, 1.165) is 16.3 Å². The third-order valence-corrected chi connectivity index (χ3v) is 4.64. The molecule has 0 saturated heterocycles. The number of rotatable bonds is 6. The van der Waals surface area contributed by atoms with Crippen molar-refractivity contribution in [1.29, 1.82) is 0 Å². The van der Waals surface area contributed by atoms with E-state index in [9.17, 15) is 9.59 Å². The number of benzene rings is 2. The Morgan fingerprint density at radius 3 is 2.58 bits per heavy atom. The van der Waals surface area contributed by atoms with Crippen LogP contribution in [0.1, 0.15) is 19.4 Å². The lowest BCUT2D eigenvalue weighted by atomic mass is 10.0. The van der Waals surface area contributed by atoms with E-state index in [1.54, 1.807) is 0 Å². The molecule has 3 rings (SSSR count). The molecular weight excluding hydrogens is 348 g/mol. The molecule has 2 aromatic carbocycles. The van der Waals surface area contributed by atoms with Crippen molar-refractivity contribution in [3.8, 4) is 0 Å². The molecule has 2 amide bonds. The molecule has 1 unspecified atom stereocenters. The smallest absolute Gasteiger partial charge is 0.249 e. The average Bonchev–Trinajstić information content (AvgIpc) is 3.12. The molecule has 0 bridgehead atoms. The molecule has 1 atom stereocenters. The second-order valence-electron chi connectivity index (χ2n) is 6.38. The largest absolute Gasteiger partial charge is 0.344 e. The van der Waals surface area contributed by atoms with Gasteiger partial charge >= 0.3 is 0 Å². The van der Waals surface area contributed by atoms with Crippen LogP contribution in [0.25, 0.3) is 10.8 Å². The number of hydrogen-bond donors (Lipinski definition) is 2. The number of aromatic nitrogens is 2. The Morgan fingerprint density at radius 2 is 1.88 bits per heavy atom. The number of anilines is 1. The molecule has 134 valence electrons. The number of nitrogens with zero attached hydrogens (tertiary/aromatic N) is 2. The van der Waals surface area contributed by atoms with Crippen LogP contribution in [0.3, 0.4) is 0 Å². The molecular formula is C19H20N4O2S. The highest BCUT2D eigenvalue weighted by Gasteiger charge is 2.25. The summed E-state index contributed by atoms with van der Waals surface area (Å²) in [6.07, 6.45) is 0.222. The Bertz CT molecular complexity index is 909. The SMILES string of the molecule is CC(C)C(NC(=O)Cc1ccc2ccccc2c1)C(=O)Nc1nncs1. The molecule has 7 heteroatoms. The van der Waals surface area contributed by atoms with Crippen molar-refractivity contribution < 1.29 is 9.59 Å². The summed E-state index contributed by atoms with van der Waals surface area (Å²) >= 11 is 1.24. The minimum Gasteiger partial charge on any atom is -0.344 e. The standard InChI is InChI=1S/C19H20N4O2S/c1-12(2)17(18(25)22-19-23-20-11-26-19)21-16(24)10-13-7-8-14-5-3-4-6-15(14)9-13/h3-9,11-12,17H,10H2,1-2H3,(H,21,24)(H,22,23,25). The fourth-order valence-electron chi connectivity index (χ4n) is 2.70. The third kappa shape index (κ3) is 4.43. The quantitative estimate of drug-likeness (QED) is 0.700. The van der Waals surface area contributed by atoms with E-state index in [0.29, 0.717) is 5.13 Å². The zero-order chi connectivity index (χ0) is 18.5. The first-order valence-electron chi connectivity index (χ1n) is 8.37. The second-order valence-corrected chi connectivity index (χ2v) is 7.21. The maximum absolute atomic E-state index is 12.5. The fourth-order valence-corrected chi connectivity index (χ4v) is 3.15. The minimum atomic E-state index is -0.633. The van der Waals surface area contributed by atoms with E-state index in [1.165, 1.54) is 16.8 Å². The lowest BCUT2D eigenvalue weighted by Gasteiger charge is -2.21. The summed E-state index contributed by atoms with van der Waals surface area (Å²) in [7, 11) is 0. The zero-order valence-electron chi connectivity index (χ0n) is 14.6. The number of fused-ring (bicyclic) bond motifs is 1. The highest BCUT2D eigenvalue weighted by molar-refractivity contribution is 7.13. The van der Waals surface area contributed by atoms with Gasteiger partial charge in [0.1, 0.15) is 11.6 Å². The molecule has 0 aliphatic heterocycles. The van der Waals surface area contributed by atoms with E-state index >= 15 is 0 Å². The Balaban J connectivity index is 1.66. The first kappa shape index (κ1) is 18.0. The molecule has 6 nitrogen and oxygen atoms in total. The minimum absolute atomic E-state index is 0.0523. The van der Waals surface area contributed by atoms with Crippen LogP contribution in [0.4, 0.5) is 5.13 Å². The van der Waals surface area contributed by atoms with Crippen molar-refractivity contribution in [3.63, 3.8) is 0 Å². The Kier molecular flexibility index (Phi) is 5.58. The number of amides is 2. The highest BCUT2D eigenvalue weighted by Crippen LogP contribution is 2.16. The molecule has 0 radical (unpaired) electrons. The van der Waals surface area contributed by atoms with E-state index in [-0.39, 0.29) is 24.2 Å². The van der Waals surface area contributed by atoms with Crippen LogP contribution in [0.2, 0.25) is 0 Å². The van der Waals surface area contributed by atoms with Gasteiger partial charge in [-0.15, -0.1) is 10.2 Å². The maximum atomic E-state index is 12.5. The van der Waals surface area contributed by atoms with Crippen LogP contribution in [0.5, 0.6) is 0 Å². The molecule has 0 saturated carbocycles. The van der Waals surface area contributed by atoms with Crippen molar-refractivity contribution in [2.24, 2.45) is 5.92 Å². The van der Waals surface area contributed by atoms with E-state index in [4.69, 9.17) is 0 Å². The van der Waals surface area contributed by atoms with Crippen molar-refractivity contribution in [3.05, 3.63) is 53.5 Å². The third-order valence-electron chi connectivity index (χ3n) is 4.03. The summed E-state index contributed by atoms with van der Waals surface area (Å²) < 4.78 is 0. The summed E-state index contributed by atoms with van der Waals surface area (Å²) in [6.45, 7) is 3.78. The lowest BCUT2D eigenvalue weighted by molar-refractivity contribution is -0.127. The van der Waals surface area contributed by atoms with Gasteiger partial charge in [-0.25, -0.2) is 0 Å². The summed E-state index contributed by atoms with van der Waals surface area (Å²) in [4.78, 5) is 24.9. The molecule has 1 aromatic heterocycles. The monoisotopic (exact) mass is 368 g/mol. The van der Waals surface area contributed by atoms with Crippen LogP contribution in [0, 0.1) is 5.92 Å². The van der Waals surface area contributed by atoms with Gasteiger partial charge in [0.2, 0.25) is 16.9 Å². The predicted molar refractivity (Wildman–Crippen MR) is 103 cm³/mol. The van der Waals surface area contributed by atoms with E-state index in [1.807, 2.05) is 56.3 Å². The maximum Gasteiger partial charge on any atom is 0.249 e. The molecule has 26 heavy (non-hydrogen) atoms. The summed E-state index contributed by atoms with van der Waals surface area (Å²) in [5, 5.41) is 15.6. The topological polar surface area (TPSA) is 84.0 Å². The number of carbonyl (C=O) groups excluding carboxylic acids is 2. The Labute approximate surface area is 155 Å².